The van der Waals surface area contributed by atoms with Crippen molar-refractivity contribution in [3.05, 3.63) is 71.7 Å². The highest BCUT2D eigenvalue weighted by Crippen LogP contribution is 2.32. The van der Waals surface area contributed by atoms with Crippen molar-refractivity contribution in [2.24, 2.45) is 0 Å². The number of carbonyl (C=O) groups is 1. The van der Waals surface area contributed by atoms with Gasteiger partial charge in [0.2, 0.25) is 5.91 Å². The molecule has 150 valence electrons. The smallest absolute Gasteiger partial charge is 0.325 e. The molecular formula is C20H15F4N3OS. The summed E-state index contributed by atoms with van der Waals surface area (Å²) < 4.78 is 52.6. The summed E-state index contributed by atoms with van der Waals surface area (Å²) in [6.45, 7) is 1.87. The summed E-state index contributed by atoms with van der Waals surface area (Å²) in [4.78, 5) is 19.7. The Labute approximate surface area is 168 Å². The van der Waals surface area contributed by atoms with Gasteiger partial charge in [0.05, 0.1) is 11.4 Å². The van der Waals surface area contributed by atoms with Crippen molar-refractivity contribution in [1.29, 1.82) is 0 Å². The van der Waals surface area contributed by atoms with Gasteiger partial charge in [0.25, 0.3) is 0 Å². The molecule has 0 aliphatic heterocycles. The molecule has 1 amide bonds. The van der Waals surface area contributed by atoms with Crippen LogP contribution in [0.25, 0.3) is 11.3 Å². The van der Waals surface area contributed by atoms with E-state index in [-0.39, 0.29) is 16.6 Å². The zero-order valence-corrected chi connectivity index (χ0v) is 15.9. The lowest BCUT2D eigenvalue weighted by Gasteiger charge is -2.11. The highest BCUT2D eigenvalue weighted by molar-refractivity contribution is 7.99. The minimum absolute atomic E-state index is 0.119. The maximum absolute atomic E-state index is 13.2. The lowest BCUT2D eigenvalue weighted by atomic mass is 10.1. The monoisotopic (exact) mass is 421 g/mol. The molecule has 1 aromatic heterocycles. The Morgan fingerprint density at radius 2 is 1.69 bits per heavy atom. The summed E-state index contributed by atoms with van der Waals surface area (Å²) in [6.07, 6.45) is -4.64. The summed E-state index contributed by atoms with van der Waals surface area (Å²) in [7, 11) is 0. The first kappa shape index (κ1) is 20.8. The number of thioether (sulfide) groups is 1. The molecule has 0 bridgehead atoms. The van der Waals surface area contributed by atoms with Gasteiger partial charge in [-0.05, 0) is 37.3 Å². The highest BCUT2D eigenvalue weighted by atomic mass is 32.2. The molecule has 1 heterocycles. The van der Waals surface area contributed by atoms with Crippen LogP contribution in [0.2, 0.25) is 0 Å². The summed E-state index contributed by atoms with van der Waals surface area (Å²) in [5.41, 5.74) is 0.896. The van der Waals surface area contributed by atoms with Crippen molar-refractivity contribution in [1.82, 2.24) is 9.97 Å². The van der Waals surface area contributed by atoms with Crippen LogP contribution in [0.5, 0.6) is 0 Å². The molecule has 0 spiro atoms. The van der Waals surface area contributed by atoms with Crippen molar-refractivity contribution in [3.63, 3.8) is 0 Å². The second-order valence-corrected chi connectivity index (χ2v) is 7.07. The second-order valence-electron chi connectivity index (χ2n) is 6.13. The van der Waals surface area contributed by atoms with Gasteiger partial charge in [0.1, 0.15) is 11.5 Å². The Bertz CT molecular complexity index is 1010. The van der Waals surface area contributed by atoms with E-state index >= 15 is 0 Å². The number of halogens is 4. The average Bonchev–Trinajstić information content (AvgIpc) is 2.68. The lowest BCUT2D eigenvalue weighted by Crippen LogP contribution is -2.15. The van der Waals surface area contributed by atoms with Gasteiger partial charge in [0, 0.05) is 11.3 Å². The van der Waals surface area contributed by atoms with Crippen molar-refractivity contribution >= 4 is 23.4 Å². The molecule has 0 radical (unpaired) electrons. The first-order chi connectivity index (χ1) is 13.7. The van der Waals surface area contributed by atoms with Crippen LogP contribution in [0.15, 0.2) is 59.8 Å². The van der Waals surface area contributed by atoms with Crippen molar-refractivity contribution in [2.45, 2.75) is 18.3 Å². The van der Waals surface area contributed by atoms with Crippen LogP contribution in [0.1, 0.15) is 11.3 Å². The summed E-state index contributed by atoms with van der Waals surface area (Å²) in [5, 5.41) is 2.37. The molecule has 1 N–H and O–H groups in total. The molecule has 0 atom stereocenters. The fourth-order valence-electron chi connectivity index (χ4n) is 2.37. The van der Waals surface area contributed by atoms with Crippen molar-refractivity contribution in [2.75, 3.05) is 11.1 Å². The van der Waals surface area contributed by atoms with E-state index in [0.717, 1.165) is 23.4 Å². The third kappa shape index (κ3) is 5.77. The molecule has 29 heavy (non-hydrogen) atoms. The Morgan fingerprint density at radius 1 is 1.03 bits per heavy atom. The van der Waals surface area contributed by atoms with E-state index < -0.39 is 23.6 Å². The number of rotatable bonds is 5. The van der Waals surface area contributed by atoms with Crippen LogP contribution < -0.4 is 5.32 Å². The molecule has 9 heteroatoms. The van der Waals surface area contributed by atoms with Crippen LogP contribution >= 0.6 is 11.8 Å². The molecule has 2 aromatic carbocycles. The molecule has 4 nitrogen and oxygen atoms in total. The van der Waals surface area contributed by atoms with Gasteiger partial charge >= 0.3 is 6.18 Å². The number of alkyl halides is 3. The standard InChI is InChI=1S/C20H15F4N3OS/c1-12-2-4-13(5-3-12)16-10-17(20(22,23)24)27-19(26-16)29-11-18(28)25-15-8-6-14(21)7-9-15/h2-10H,11H2,1H3,(H,25,28). The number of aryl methyl sites for hydroxylation is 1. The zero-order valence-electron chi connectivity index (χ0n) is 15.1. The third-order valence-electron chi connectivity index (χ3n) is 3.80. The fourth-order valence-corrected chi connectivity index (χ4v) is 3.03. The summed E-state index contributed by atoms with van der Waals surface area (Å²) in [5.74, 6) is -1.12. The first-order valence-corrected chi connectivity index (χ1v) is 9.41. The minimum atomic E-state index is -4.64. The quantitative estimate of drug-likeness (QED) is 0.343. The molecule has 0 unspecified atom stereocenters. The molecule has 3 rings (SSSR count). The predicted octanol–water partition coefficient (Wildman–Crippen LogP) is 5.34. The van der Waals surface area contributed by atoms with Gasteiger partial charge in [-0.15, -0.1) is 0 Å². The molecule has 0 fully saturated rings. The minimum Gasteiger partial charge on any atom is -0.325 e. The van der Waals surface area contributed by atoms with E-state index in [9.17, 15) is 22.4 Å². The van der Waals surface area contributed by atoms with Gasteiger partial charge in [-0.1, -0.05) is 41.6 Å². The van der Waals surface area contributed by atoms with E-state index in [1.165, 1.54) is 24.3 Å². The first-order valence-electron chi connectivity index (χ1n) is 8.42. The SMILES string of the molecule is Cc1ccc(-c2cc(C(F)(F)F)nc(SCC(=O)Nc3ccc(F)cc3)n2)cc1. The number of benzene rings is 2. The number of amides is 1. The van der Waals surface area contributed by atoms with E-state index in [1.54, 1.807) is 24.3 Å². The highest BCUT2D eigenvalue weighted by Gasteiger charge is 2.34. The number of anilines is 1. The fraction of sp³-hybridized carbons (Fsp3) is 0.150. The maximum atomic E-state index is 13.2. The van der Waals surface area contributed by atoms with E-state index in [2.05, 4.69) is 15.3 Å². The Kier molecular flexibility index (Phi) is 6.17. The maximum Gasteiger partial charge on any atom is 0.433 e. The van der Waals surface area contributed by atoms with Gasteiger partial charge in [0.15, 0.2) is 5.16 Å². The Morgan fingerprint density at radius 3 is 2.31 bits per heavy atom. The summed E-state index contributed by atoms with van der Waals surface area (Å²) in [6, 6.07) is 12.9. The van der Waals surface area contributed by atoms with Gasteiger partial charge in [-0.3, -0.25) is 4.79 Å². The van der Waals surface area contributed by atoms with Crippen LogP contribution in [-0.4, -0.2) is 21.6 Å². The van der Waals surface area contributed by atoms with Crippen LogP contribution in [0.3, 0.4) is 0 Å². The van der Waals surface area contributed by atoms with E-state index in [0.29, 0.717) is 11.3 Å². The number of nitrogens with zero attached hydrogens (tertiary/aromatic N) is 2. The Hall–Kier alpha value is -2.94. The number of nitrogens with one attached hydrogen (secondary N) is 1. The van der Waals surface area contributed by atoms with Crippen LogP contribution in [0, 0.1) is 12.7 Å². The second kappa shape index (κ2) is 8.60. The topological polar surface area (TPSA) is 54.9 Å². The van der Waals surface area contributed by atoms with Crippen molar-refractivity contribution < 1.29 is 22.4 Å². The van der Waals surface area contributed by atoms with E-state index in [4.69, 9.17) is 0 Å². The summed E-state index contributed by atoms with van der Waals surface area (Å²) >= 11 is 0.785. The number of hydrogen-bond donors (Lipinski definition) is 1. The van der Waals surface area contributed by atoms with Gasteiger partial charge < -0.3 is 5.32 Å². The molecule has 0 saturated carbocycles. The largest absolute Gasteiger partial charge is 0.433 e. The van der Waals surface area contributed by atoms with E-state index in [1.807, 2.05) is 6.92 Å². The lowest BCUT2D eigenvalue weighted by molar-refractivity contribution is -0.141. The zero-order chi connectivity index (χ0) is 21.0. The molecule has 0 aliphatic rings. The Balaban J connectivity index is 1.78. The van der Waals surface area contributed by atoms with Crippen LogP contribution in [-0.2, 0) is 11.0 Å². The molecular weight excluding hydrogens is 406 g/mol. The van der Waals surface area contributed by atoms with Gasteiger partial charge in [-0.2, -0.15) is 13.2 Å². The van der Waals surface area contributed by atoms with Gasteiger partial charge in [-0.25, -0.2) is 14.4 Å². The van der Waals surface area contributed by atoms with Crippen LogP contribution in [0.4, 0.5) is 23.2 Å². The number of aromatic nitrogens is 2. The predicted molar refractivity (Wildman–Crippen MR) is 103 cm³/mol. The third-order valence-corrected chi connectivity index (χ3v) is 4.65. The normalized spacial score (nSPS) is 11.3. The molecule has 0 aliphatic carbocycles. The number of hydrogen-bond acceptors (Lipinski definition) is 4. The number of carbonyl (C=O) groups excluding carboxylic acids is 1. The molecule has 0 saturated heterocycles. The molecule has 3 aromatic rings. The van der Waals surface area contributed by atoms with Crippen molar-refractivity contribution in [3.8, 4) is 11.3 Å². The average molecular weight is 421 g/mol.